The van der Waals surface area contributed by atoms with E-state index in [1.165, 1.54) is 24.3 Å². The van der Waals surface area contributed by atoms with Crippen molar-refractivity contribution in [3.63, 3.8) is 0 Å². The monoisotopic (exact) mass is 405 g/mol. The molecule has 156 valence electrons. The zero-order chi connectivity index (χ0) is 19.8. The molecule has 2 aliphatic rings. The van der Waals surface area contributed by atoms with E-state index >= 15 is 0 Å². The van der Waals surface area contributed by atoms with Gasteiger partial charge in [-0.15, -0.1) is 11.3 Å². The second-order valence-corrected chi connectivity index (χ2v) is 8.94. The maximum absolute atomic E-state index is 12.8. The molecule has 1 unspecified atom stereocenters. The molecule has 0 aromatic carbocycles. The molecule has 2 N–H and O–H groups in total. The minimum Gasteiger partial charge on any atom is -0.357 e. The van der Waals surface area contributed by atoms with Gasteiger partial charge in [-0.25, -0.2) is 4.98 Å². The van der Waals surface area contributed by atoms with Crippen molar-refractivity contribution in [1.82, 2.24) is 20.5 Å². The molecule has 0 spiro atoms. The van der Waals surface area contributed by atoms with Crippen LogP contribution in [0.15, 0.2) is 10.4 Å². The first-order chi connectivity index (χ1) is 13.7. The number of aryl methyl sites for hydroxylation is 2. The number of nitrogens with one attached hydrogen (secondary N) is 2. The molecule has 1 saturated carbocycles. The normalized spacial score (nSPS) is 21.1. The Bertz CT molecular complexity index is 653. The van der Waals surface area contributed by atoms with E-state index < -0.39 is 0 Å². The fourth-order valence-corrected chi connectivity index (χ4v) is 4.96. The van der Waals surface area contributed by atoms with Crippen LogP contribution in [0.5, 0.6) is 0 Å². The van der Waals surface area contributed by atoms with Crippen molar-refractivity contribution in [2.24, 2.45) is 10.9 Å². The Morgan fingerprint density at radius 1 is 1.32 bits per heavy atom. The van der Waals surface area contributed by atoms with Gasteiger partial charge in [-0.1, -0.05) is 19.3 Å². The summed E-state index contributed by atoms with van der Waals surface area (Å²) in [6.45, 7) is 7.42. The lowest BCUT2D eigenvalue weighted by atomic mass is 9.88. The van der Waals surface area contributed by atoms with E-state index in [9.17, 15) is 4.79 Å². The molecule has 1 aliphatic carbocycles. The van der Waals surface area contributed by atoms with Gasteiger partial charge in [0.1, 0.15) is 0 Å². The SMILES string of the molecule is CCNC(=NCCCc1nc(C)cs1)NC1CCN(C(=O)C2CCCCC2)C1. The number of carbonyl (C=O) groups is 1. The summed E-state index contributed by atoms with van der Waals surface area (Å²) in [5.41, 5.74) is 1.10. The number of hydrogen-bond acceptors (Lipinski definition) is 4. The fraction of sp³-hybridized carbons (Fsp3) is 0.762. The van der Waals surface area contributed by atoms with Gasteiger partial charge in [0, 0.05) is 55.6 Å². The summed E-state index contributed by atoms with van der Waals surface area (Å²) in [4.78, 5) is 24.1. The topological polar surface area (TPSA) is 69.6 Å². The number of carbonyl (C=O) groups excluding carboxylic acids is 1. The van der Waals surface area contributed by atoms with Gasteiger partial charge < -0.3 is 15.5 Å². The molecule has 1 amide bonds. The minimum atomic E-state index is 0.268. The van der Waals surface area contributed by atoms with Gasteiger partial charge in [0.05, 0.1) is 5.01 Å². The Hall–Kier alpha value is -1.63. The third-order valence-corrected chi connectivity index (χ3v) is 6.65. The highest BCUT2D eigenvalue weighted by atomic mass is 32.1. The second kappa shape index (κ2) is 10.8. The van der Waals surface area contributed by atoms with Crippen LogP contribution in [-0.4, -0.2) is 54.0 Å². The molecule has 1 atom stereocenters. The quantitative estimate of drug-likeness (QED) is 0.415. The molecule has 1 aromatic heterocycles. The Labute approximate surface area is 173 Å². The summed E-state index contributed by atoms with van der Waals surface area (Å²) in [7, 11) is 0. The number of guanidine groups is 1. The van der Waals surface area contributed by atoms with E-state index in [2.05, 4.69) is 32.8 Å². The van der Waals surface area contributed by atoms with Crippen molar-refractivity contribution >= 4 is 23.2 Å². The number of rotatable bonds is 7. The van der Waals surface area contributed by atoms with Gasteiger partial charge in [-0.3, -0.25) is 9.79 Å². The Morgan fingerprint density at radius 3 is 2.86 bits per heavy atom. The molecule has 28 heavy (non-hydrogen) atoms. The van der Waals surface area contributed by atoms with E-state index in [0.29, 0.717) is 11.9 Å². The van der Waals surface area contributed by atoms with Gasteiger partial charge in [0.25, 0.3) is 0 Å². The molecule has 1 aliphatic heterocycles. The first kappa shape index (κ1) is 21.1. The van der Waals surface area contributed by atoms with Crippen molar-refractivity contribution in [1.29, 1.82) is 0 Å². The van der Waals surface area contributed by atoms with E-state index in [4.69, 9.17) is 4.99 Å². The Kier molecular flexibility index (Phi) is 8.13. The van der Waals surface area contributed by atoms with Crippen molar-refractivity contribution < 1.29 is 4.79 Å². The molecule has 3 rings (SSSR count). The van der Waals surface area contributed by atoms with Crippen LogP contribution in [0.1, 0.15) is 62.6 Å². The molecule has 1 saturated heterocycles. The predicted octanol–water partition coefficient (Wildman–Crippen LogP) is 3.12. The molecule has 7 heteroatoms. The molecule has 0 radical (unpaired) electrons. The molecular weight excluding hydrogens is 370 g/mol. The summed E-state index contributed by atoms with van der Waals surface area (Å²) in [5.74, 6) is 1.52. The van der Waals surface area contributed by atoms with Crippen LogP contribution >= 0.6 is 11.3 Å². The summed E-state index contributed by atoms with van der Waals surface area (Å²) >= 11 is 1.73. The minimum absolute atomic E-state index is 0.268. The molecule has 0 bridgehead atoms. The first-order valence-electron chi connectivity index (χ1n) is 10.9. The second-order valence-electron chi connectivity index (χ2n) is 8.00. The maximum Gasteiger partial charge on any atom is 0.225 e. The van der Waals surface area contributed by atoms with Gasteiger partial charge in [0.2, 0.25) is 5.91 Å². The average molecular weight is 406 g/mol. The number of nitrogens with zero attached hydrogens (tertiary/aromatic N) is 3. The molecule has 2 fully saturated rings. The lowest BCUT2D eigenvalue weighted by Gasteiger charge is -2.26. The Balaban J connectivity index is 1.43. The zero-order valence-electron chi connectivity index (χ0n) is 17.4. The lowest BCUT2D eigenvalue weighted by Crippen LogP contribution is -2.45. The molecular formula is C21H35N5OS. The van der Waals surface area contributed by atoms with Crippen molar-refractivity contribution in [2.75, 3.05) is 26.2 Å². The van der Waals surface area contributed by atoms with E-state index in [1.54, 1.807) is 11.3 Å². The Morgan fingerprint density at radius 2 is 2.14 bits per heavy atom. The van der Waals surface area contributed by atoms with Crippen LogP contribution in [-0.2, 0) is 11.2 Å². The summed E-state index contributed by atoms with van der Waals surface area (Å²) in [5, 5.41) is 10.2. The molecule has 6 nitrogen and oxygen atoms in total. The molecule has 1 aromatic rings. The third kappa shape index (κ3) is 6.19. The number of thiazole rings is 1. The number of hydrogen-bond donors (Lipinski definition) is 2. The van der Waals surface area contributed by atoms with Crippen LogP contribution in [0.2, 0.25) is 0 Å². The highest BCUT2D eigenvalue weighted by molar-refractivity contribution is 7.09. The van der Waals surface area contributed by atoms with Crippen molar-refractivity contribution in [2.45, 2.75) is 71.3 Å². The number of likely N-dealkylation sites (tertiary alicyclic amines) is 1. The summed E-state index contributed by atoms with van der Waals surface area (Å²) < 4.78 is 0. The summed E-state index contributed by atoms with van der Waals surface area (Å²) in [6.07, 6.45) is 8.86. The number of amides is 1. The third-order valence-electron chi connectivity index (χ3n) is 5.62. The zero-order valence-corrected chi connectivity index (χ0v) is 18.2. The smallest absolute Gasteiger partial charge is 0.225 e. The maximum atomic E-state index is 12.8. The van der Waals surface area contributed by atoms with Crippen LogP contribution < -0.4 is 10.6 Å². The van der Waals surface area contributed by atoms with Gasteiger partial charge >= 0.3 is 0 Å². The van der Waals surface area contributed by atoms with Gasteiger partial charge in [-0.2, -0.15) is 0 Å². The van der Waals surface area contributed by atoms with Crippen LogP contribution in [0.3, 0.4) is 0 Å². The predicted molar refractivity (Wildman–Crippen MR) is 116 cm³/mol. The number of aliphatic imine (C=N–C) groups is 1. The highest BCUT2D eigenvalue weighted by Crippen LogP contribution is 2.26. The van der Waals surface area contributed by atoms with Crippen LogP contribution in [0, 0.1) is 12.8 Å². The van der Waals surface area contributed by atoms with Crippen LogP contribution in [0.25, 0.3) is 0 Å². The van der Waals surface area contributed by atoms with Gasteiger partial charge in [0.15, 0.2) is 5.96 Å². The van der Waals surface area contributed by atoms with E-state index in [-0.39, 0.29) is 5.92 Å². The van der Waals surface area contributed by atoms with Crippen LogP contribution in [0.4, 0.5) is 0 Å². The van der Waals surface area contributed by atoms with Gasteiger partial charge in [-0.05, 0) is 39.5 Å². The fourth-order valence-electron chi connectivity index (χ4n) is 4.14. The van der Waals surface area contributed by atoms with E-state index in [0.717, 1.165) is 69.9 Å². The van der Waals surface area contributed by atoms with Crippen molar-refractivity contribution in [3.8, 4) is 0 Å². The highest BCUT2D eigenvalue weighted by Gasteiger charge is 2.31. The molecule has 2 heterocycles. The largest absolute Gasteiger partial charge is 0.357 e. The summed E-state index contributed by atoms with van der Waals surface area (Å²) in [6, 6.07) is 0.298. The first-order valence-corrected chi connectivity index (χ1v) is 11.8. The number of aromatic nitrogens is 1. The lowest BCUT2D eigenvalue weighted by molar-refractivity contribution is -0.135. The standard InChI is InChI=1S/C21H35N5OS/c1-3-22-21(23-12-7-10-19-24-16(2)15-28-19)25-18-11-13-26(14-18)20(27)17-8-5-4-6-9-17/h15,17-18H,3-14H2,1-2H3,(H2,22,23,25). The average Bonchev–Trinajstić information content (AvgIpc) is 3.34. The van der Waals surface area contributed by atoms with Crippen molar-refractivity contribution in [3.05, 3.63) is 16.1 Å². The van der Waals surface area contributed by atoms with E-state index in [1.807, 2.05) is 6.92 Å².